The summed E-state index contributed by atoms with van der Waals surface area (Å²) in [6.45, 7) is 2.45. The number of benzene rings is 1. The number of nitrogens with zero attached hydrogens (tertiary/aromatic N) is 1. The molecule has 0 saturated heterocycles. The SMILES string of the molecule is COc1cc(CC(C)CN)cc([N+](=O)[O-])c1O. The fraction of sp³-hybridized carbons (Fsp3) is 0.455. The zero-order valence-corrected chi connectivity index (χ0v) is 9.84. The summed E-state index contributed by atoms with van der Waals surface area (Å²) in [5, 5.41) is 20.3. The zero-order valence-electron chi connectivity index (χ0n) is 9.84. The van der Waals surface area contributed by atoms with E-state index < -0.39 is 10.7 Å². The molecule has 0 aromatic heterocycles. The van der Waals surface area contributed by atoms with Gasteiger partial charge in [-0.25, -0.2) is 0 Å². The molecule has 6 heteroatoms. The number of hydrogen-bond donors (Lipinski definition) is 2. The van der Waals surface area contributed by atoms with E-state index in [1.165, 1.54) is 13.2 Å². The molecule has 0 heterocycles. The van der Waals surface area contributed by atoms with Gasteiger partial charge in [-0.2, -0.15) is 0 Å². The van der Waals surface area contributed by atoms with Crippen LogP contribution in [0, 0.1) is 16.0 Å². The molecule has 0 radical (unpaired) electrons. The number of nitro groups is 1. The van der Waals surface area contributed by atoms with Crippen molar-refractivity contribution in [2.75, 3.05) is 13.7 Å². The minimum atomic E-state index is -0.630. The van der Waals surface area contributed by atoms with Crippen molar-refractivity contribution >= 4 is 5.69 Å². The number of aromatic hydroxyl groups is 1. The molecule has 17 heavy (non-hydrogen) atoms. The minimum absolute atomic E-state index is 0.110. The molecule has 0 amide bonds. The standard InChI is InChI=1S/C11H16N2O4/c1-7(6-12)3-8-4-9(13(15)16)11(14)10(5-8)17-2/h4-5,7,14H,3,6,12H2,1-2H3. The van der Waals surface area contributed by atoms with Crippen LogP contribution in [0.4, 0.5) is 5.69 Å². The zero-order chi connectivity index (χ0) is 13.0. The summed E-state index contributed by atoms with van der Waals surface area (Å²) in [5.41, 5.74) is 5.89. The summed E-state index contributed by atoms with van der Waals surface area (Å²) in [7, 11) is 1.36. The highest BCUT2D eigenvalue weighted by Gasteiger charge is 2.20. The smallest absolute Gasteiger partial charge is 0.314 e. The second-order valence-corrected chi connectivity index (χ2v) is 3.97. The molecule has 94 valence electrons. The molecule has 1 aromatic carbocycles. The predicted octanol–water partition coefficient (Wildman–Crippen LogP) is 1.45. The molecule has 0 bridgehead atoms. The normalized spacial score (nSPS) is 12.2. The van der Waals surface area contributed by atoms with Crippen molar-refractivity contribution in [1.82, 2.24) is 0 Å². The lowest BCUT2D eigenvalue weighted by atomic mass is 10.0. The van der Waals surface area contributed by atoms with Crippen molar-refractivity contribution < 1.29 is 14.8 Å². The third kappa shape index (κ3) is 3.07. The Bertz CT molecular complexity index is 420. The van der Waals surface area contributed by atoms with Gasteiger partial charge in [0.25, 0.3) is 0 Å². The van der Waals surface area contributed by atoms with Crippen LogP contribution in [0.2, 0.25) is 0 Å². The van der Waals surface area contributed by atoms with Crippen LogP contribution in [-0.4, -0.2) is 23.7 Å². The third-order valence-electron chi connectivity index (χ3n) is 2.52. The maximum atomic E-state index is 10.8. The number of nitro benzene ring substituents is 1. The molecule has 1 unspecified atom stereocenters. The van der Waals surface area contributed by atoms with Crippen LogP contribution in [0.25, 0.3) is 0 Å². The molecular weight excluding hydrogens is 224 g/mol. The Morgan fingerprint density at radius 3 is 2.71 bits per heavy atom. The monoisotopic (exact) mass is 240 g/mol. The molecule has 6 nitrogen and oxygen atoms in total. The van der Waals surface area contributed by atoms with Crippen molar-refractivity contribution in [3.05, 3.63) is 27.8 Å². The van der Waals surface area contributed by atoms with E-state index in [1.54, 1.807) is 6.07 Å². The Labute approximate surface area is 99.2 Å². The number of phenolic OH excluding ortho intramolecular Hbond substituents is 1. The van der Waals surface area contributed by atoms with Gasteiger partial charge in [0.15, 0.2) is 5.75 Å². The predicted molar refractivity (Wildman–Crippen MR) is 63.2 cm³/mol. The highest BCUT2D eigenvalue weighted by Crippen LogP contribution is 2.37. The molecule has 0 aliphatic carbocycles. The van der Waals surface area contributed by atoms with Gasteiger partial charge in [0.2, 0.25) is 5.75 Å². The van der Waals surface area contributed by atoms with Crippen LogP contribution in [-0.2, 0) is 6.42 Å². The van der Waals surface area contributed by atoms with Gasteiger partial charge in [-0.15, -0.1) is 0 Å². The second-order valence-electron chi connectivity index (χ2n) is 3.97. The fourth-order valence-electron chi connectivity index (χ4n) is 1.55. The van der Waals surface area contributed by atoms with Gasteiger partial charge in [-0.1, -0.05) is 6.92 Å². The first kappa shape index (κ1) is 13.2. The van der Waals surface area contributed by atoms with Gasteiger partial charge in [0.05, 0.1) is 12.0 Å². The topological polar surface area (TPSA) is 98.6 Å². The Morgan fingerprint density at radius 2 is 2.24 bits per heavy atom. The molecule has 0 aliphatic rings. The van der Waals surface area contributed by atoms with Crippen molar-refractivity contribution in [2.24, 2.45) is 11.7 Å². The summed E-state index contributed by atoms with van der Waals surface area (Å²) >= 11 is 0. The van der Waals surface area contributed by atoms with E-state index in [0.29, 0.717) is 13.0 Å². The van der Waals surface area contributed by atoms with Crippen molar-refractivity contribution in [3.63, 3.8) is 0 Å². The number of hydrogen-bond acceptors (Lipinski definition) is 5. The van der Waals surface area contributed by atoms with E-state index in [-0.39, 0.29) is 17.4 Å². The van der Waals surface area contributed by atoms with E-state index >= 15 is 0 Å². The van der Waals surface area contributed by atoms with Crippen molar-refractivity contribution in [1.29, 1.82) is 0 Å². The summed E-state index contributed by atoms with van der Waals surface area (Å²) in [6, 6.07) is 2.94. The quantitative estimate of drug-likeness (QED) is 0.599. The van der Waals surface area contributed by atoms with E-state index in [1.807, 2.05) is 6.92 Å². The summed E-state index contributed by atoms with van der Waals surface area (Å²) in [5.74, 6) is -0.121. The Morgan fingerprint density at radius 1 is 1.59 bits per heavy atom. The number of nitrogens with two attached hydrogens (primary N) is 1. The first-order valence-electron chi connectivity index (χ1n) is 5.24. The van der Waals surface area contributed by atoms with E-state index in [4.69, 9.17) is 10.5 Å². The van der Waals surface area contributed by atoms with Gasteiger partial charge < -0.3 is 15.6 Å². The lowest BCUT2D eigenvalue weighted by Crippen LogP contribution is -2.13. The van der Waals surface area contributed by atoms with E-state index in [9.17, 15) is 15.2 Å². The summed E-state index contributed by atoms with van der Waals surface area (Å²) in [6.07, 6.45) is 0.605. The summed E-state index contributed by atoms with van der Waals surface area (Å²) in [4.78, 5) is 10.1. The maximum absolute atomic E-state index is 10.8. The Hall–Kier alpha value is -1.82. The molecule has 0 aliphatic heterocycles. The molecule has 1 atom stereocenters. The number of rotatable bonds is 5. The van der Waals surface area contributed by atoms with Gasteiger partial charge in [0, 0.05) is 6.07 Å². The van der Waals surface area contributed by atoms with Crippen LogP contribution in [0.3, 0.4) is 0 Å². The van der Waals surface area contributed by atoms with Crippen LogP contribution < -0.4 is 10.5 Å². The number of ether oxygens (including phenoxy) is 1. The van der Waals surface area contributed by atoms with E-state index in [0.717, 1.165) is 5.56 Å². The van der Waals surface area contributed by atoms with Crippen molar-refractivity contribution in [3.8, 4) is 11.5 Å². The van der Waals surface area contributed by atoms with Crippen molar-refractivity contribution in [2.45, 2.75) is 13.3 Å². The summed E-state index contributed by atoms with van der Waals surface area (Å²) < 4.78 is 4.91. The number of phenols is 1. The Balaban J connectivity index is 3.15. The maximum Gasteiger partial charge on any atom is 0.314 e. The fourth-order valence-corrected chi connectivity index (χ4v) is 1.55. The molecule has 0 saturated carbocycles. The molecule has 1 aromatic rings. The van der Waals surface area contributed by atoms with Crippen LogP contribution in [0.1, 0.15) is 12.5 Å². The first-order chi connectivity index (χ1) is 7.99. The minimum Gasteiger partial charge on any atom is -0.500 e. The largest absolute Gasteiger partial charge is 0.500 e. The Kier molecular flexibility index (Phi) is 4.28. The third-order valence-corrected chi connectivity index (χ3v) is 2.52. The van der Waals surface area contributed by atoms with Crippen LogP contribution in [0.5, 0.6) is 11.5 Å². The molecule has 1 rings (SSSR count). The molecule has 3 N–H and O–H groups in total. The number of methoxy groups -OCH3 is 1. The van der Waals surface area contributed by atoms with Gasteiger partial charge in [-0.3, -0.25) is 10.1 Å². The lowest BCUT2D eigenvalue weighted by molar-refractivity contribution is -0.386. The highest BCUT2D eigenvalue weighted by atomic mass is 16.6. The van der Waals surface area contributed by atoms with Gasteiger partial charge >= 0.3 is 5.69 Å². The van der Waals surface area contributed by atoms with Crippen LogP contribution >= 0.6 is 0 Å². The van der Waals surface area contributed by atoms with Crippen LogP contribution in [0.15, 0.2) is 12.1 Å². The molecule has 0 spiro atoms. The van der Waals surface area contributed by atoms with Gasteiger partial charge in [0.1, 0.15) is 0 Å². The lowest BCUT2D eigenvalue weighted by Gasteiger charge is -2.10. The average Bonchev–Trinajstić information content (AvgIpc) is 2.30. The molecular formula is C11H16N2O4. The van der Waals surface area contributed by atoms with E-state index in [2.05, 4.69) is 0 Å². The van der Waals surface area contributed by atoms with Gasteiger partial charge in [-0.05, 0) is 30.5 Å². The average molecular weight is 240 g/mol. The molecule has 0 fully saturated rings. The second kappa shape index (κ2) is 5.49. The first-order valence-corrected chi connectivity index (χ1v) is 5.24. The highest BCUT2D eigenvalue weighted by molar-refractivity contribution is 5.57.